The summed E-state index contributed by atoms with van der Waals surface area (Å²) in [5, 5.41) is 0. The molecule has 0 unspecified atom stereocenters. The lowest BCUT2D eigenvalue weighted by molar-refractivity contribution is 0.392. The van der Waals surface area contributed by atoms with E-state index in [1.165, 1.54) is 22.3 Å². The van der Waals surface area contributed by atoms with Crippen LogP contribution in [0.15, 0.2) is 6.07 Å². The molecule has 0 N–H and O–H groups in total. The second-order valence-corrected chi connectivity index (χ2v) is 7.25. The number of ether oxygens (including phenoxy) is 1. The van der Waals surface area contributed by atoms with Crippen LogP contribution in [0.5, 0.6) is 5.75 Å². The van der Waals surface area contributed by atoms with Crippen LogP contribution in [0.2, 0.25) is 0 Å². The van der Waals surface area contributed by atoms with E-state index in [0.29, 0.717) is 0 Å². The van der Waals surface area contributed by atoms with Crippen LogP contribution >= 0.6 is 0 Å². The summed E-state index contributed by atoms with van der Waals surface area (Å²) in [6, 6.07) is 2.33. The van der Waals surface area contributed by atoms with Gasteiger partial charge in [0, 0.05) is 5.56 Å². The van der Waals surface area contributed by atoms with Crippen molar-refractivity contribution in [1.82, 2.24) is 0 Å². The SMILES string of the molecule is COc1c(C(C)(C)C)cc(C(C)(C)C)c(C)c1C. The fourth-order valence-corrected chi connectivity index (χ4v) is 2.49. The van der Waals surface area contributed by atoms with Gasteiger partial charge in [0.2, 0.25) is 0 Å². The van der Waals surface area contributed by atoms with Crippen molar-refractivity contribution in [3.05, 3.63) is 28.3 Å². The summed E-state index contributed by atoms with van der Waals surface area (Å²) in [4.78, 5) is 0. The van der Waals surface area contributed by atoms with E-state index in [1.54, 1.807) is 7.11 Å². The summed E-state index contributed by atoms with van der Waals surface area (Å²) in [5.74, 6) is 1.05. The first-order valence-electron chi connectivity index (χ1n) is 6.69. The number of benzene rings is 1. The molecule has 0 bridgehead atoms. The van der Waals surface area contributed by atoms with Crippen molar-refractivity contribution in [3.63, 3.8) is 0 Å². The molecule has 0 amide bonds. The molecule has 102 valence electrons. The summed E-state index contributed by atoms with van der Waals surface area (Å²) in [7, 11) is 1.77. The third kappa shape index (κ3) is 2.71. The molecule has 1 nitrogen and oxygen atoms in total. The van der Waals surface area contributed by atoms with Crippen LogP contribution in [0.25, 0.3) is 0 Å². The van der Waals surface area contributed by atoms with Gasteiger partial charge in [-0.05, 0) is 41.4 Å². The Bertz CT molecular complexity index is 442. The lowest BCUT2D eigenvalue weighted by atomic mass is 9.76. The van der Waals surface area contributed by atoms with Crippen LogP contribution in [0.1, 0.15) is 63.8 Å². The van der Waals surface area contributed by atoms with Gasteiger partial charge in [-0.25, -0.2) is 0 Å². The van der Waals surface area contributed by atoms with Crippen molar-refractivity contribution in [3.8, 4) is 5.75 Å². The van der Waals surface area contributed by atoms with E-state index in [1.807, 2.05) is 0 Å². The van der Waals surface area contributed by atoms with Crippen LogP contribution in [0.4, 0.5) is 0 Å². The van der Waals surface area contributed by atoms with Crippen LogP contribution in [0, 0.1) is 13.8 Å². The van der Waals surface area contributed by atoms with Gasteiger partial charge in [0.05, 0.1) is 7.11 Å². The molecule has 0 heterocycles. The molecular weight excluding hydrogens is 220 g/mol. The zero-order chi connectivity index (χ0) is 14.3. The Balaban J connectivity index is 3.68. The van der Waals surface area contributed by atoms with Gasteiger partial charge in [-0.2, -0.15) is 0 Å². The predicted molar refractivity (Wildman–Crippen MR) is 79.9 cm³/mol. The fourth-order valence-electron chi connectivity index (χ4n) is 2.49. The van der Waals surface area contributed by atoms with Crippen molar-refractivity contribution >= 4 is 0 Å². The minimum absolute atomic E-state index is 0.101. The number of rotatable bonds is 1. The van der Waals surface area contributed by atoms with Crippen molar-refractivity contribution in [2.75, 3.05) is 7.11 Å². The van der Waals surface area contributed by atoms with E-state index in [9.17, 15) is 0 Å². The van der Waals surface area contributed by atoms with Crippen molar-refractivity contribution in [2.45, 2.75) is 66.2 Å². The van der Waals surface area contributed by atoms with Gasteiger partial charge in [0.15, 0.2) is 0 Å². The monoisotopic (exact) mass is 248 g/mol. The molecule has 1 aromatic rings. The zero-order valence-corrected chi connectivity index (χ0v) is 13.5. The molecule has 0 aliphatic heterocycles. The highest BCUT2D eigenvalue weighted by Gasteiger charge is 2.26. The Hall–Kier alpha value is -0.980. The van der Waals surface area contributed by atoms with E-state index >= 15 is 0 Å². The number of methoxy groups -OCH3 is 1. The molecule has 1 heteroatoms. The highest BCUT2D eigenvalue weighted by Crippen LogP contribution is 2.40. The van der Waals surface area contributed by atoms with Gasteiger partial charge in [0.25, 0.3) is 0 Å². The Morgan fingerprint density at radius 3 is 1.56 bits per heavy atom. The van der Waals surface area contributed by atoms with E-state index in [0.717, 1.165) is 5.75 Å². The van der Waals surface area contributed by atoms with Gasteiger partial charge in [-0.15, -0.1) is 0 Å². The molecular formula is C17H28O. The van der Waals surface area contributed by atoms with Gasteiger partial charge < -0.3 is 4.74 Å². The maximum Gasteiger partial charge on any atom is 0.125 e. The molecule has 0 spiro atoms. The molecule has 0 atom stereocenters. The normalized spacial score (nSPS) is 12.7. The summed E-state index contributed by atoms with van der Waals surface area (Å²) in [6.45, 7) is 17.9. The molecule has 0 fully saturated rings. The first kappa shape index (κ1) is 15.1. The average Bonchev–Trinajstić information content (AvgIpc) is 2.17. The second kappa shape index (κ2) is 4.60. The van der Waals surface area contributed by atoms with Gasteiger partial charge >= 0.3 is 0 Å². The van der Waals surface area contributed by atoms with Gasteiger partial charge in [0.1, 0.15) is 5.75 Å². The summed E-state index contributed by atoms with van der Waals surface area (Å²) < 4.78 is 5.65. The Kier molecular flexibility index (Phi) is 3.86. The second-order valence-electron chi connectivity index (χ2n) is 7.25. The van der Waals surface area contributed by atoms with E-state index in [4.69, 9.17) is 4.74 Å². The topological polar surface area (TPSA) is 9.23 Å². The molecule has 0 aliphatic carbocycles. The minimum Gasteiger partial charge on any atom is -0.496 e. The molecule has 0 aliphatic rings. The molecule has 0 saturated heterocycles. The molecule has 1 aromatic carbocycles. The summed E-state index contributed by atoms with van der Waals surface area (Å²) in [6.07, 6.45) is 0. The van der Waals surface area contributed by atoms with E-state index in [2.05, 4.69) is 61.5 Å². The Morgan fingerprint density at radius 2 is 1.22 bits per heavy atom. The van der Waals surface area contributed by atoms with E-state index in [-0.39, 0.29) is 10.8 Å². The molecule has 0 aromatic heterocycles. The lowest BCUT2D eigenvalue weighted by Gasteiger charge is -2.30. The molecule has 1 rings (SSSR count). The largest absolute Gasteiger partial charge is 0.496 e. The van der Waals surface area contributed by atoms with Crippen LogP contribution in [0.3, 0.4) is 0 Å². The zero-order valence-electron chi connectivity index (χ0n) is 13.5. The predicted octanol–water partition coefficient (Wildman–Crippen LogP) is 4.91. The maximum absolute atomic E-state index is 5.65. The minimum atomic E-state index is 0.101. The van der Waals surface area contributed by atoms with Crippen molar-refractivity contribution in [2.24, 2.45) is 0 Å². The average molecular weight is 248 g/mol. The van der Waals surface area contributed by atoms with Crippen molar-refractivity contribution < 1.29 is 4.74 Å². The van der Waals surface area contributed by atoms with Crippen LogP contribution in [-0.4, -0.2) is 7.11 Å². The Labute approximate surface area is 113 Å². The standard InChI is InChI=1S/C17H28O/c1-11-12(2)15(18-9)14(17(6,7)8)10-13(11)16(3,4)5/h10H,1-9H3. The van der Waals surface area contributed by atoms with Gasteiger partial charge in [-0.1, -0.05) is 47.6 Å². The first-order valence-corrected chi connectivity index (χ1v) is 6.69. The molecule has 18 heavy (non-hydrogen) atoms. The van der Waals surface area contributed by atoms with Crippen LogP contribution in [-0.2, 0) is 10.8 Å². The number of hydrogen-bond acceptors (Lipinski definition) is 1. The third-order valence-electron chi connectivity index (χ3n) is 3.66. The van der Waals surface area contributed by atoms with E-state index < -0.39 is 0 Å². The highest BCUT2D eigenvalue weighted by atomic mass is 16.5. The Morgan fingerprint density at radius 1 is 0.778 bits per heavy atom. The fraction of sp³-hybridized carbons (Fsp3) is 0.647. The smallest absolute Gasteiger partial charge is 0.125 e. The maximum atomic E-state index is 5.65. The van der Waals surface area contributed by atoms with Crippen molar-refractivity contribution in [1.29, 1.82) is 0 Å². The highest BCUT2D eigenvalue weighted by molar-refractivity contribution is 5.53. The first-order chi connectivity index (χ1) is 8.00. The molecule has 0 saturated carbocycles. The van der Waals surface area contributed by atoms with Crippen LogP contribution < -0.4 is 4.74 Å². The number of hydrogen-bond donors (Lipinski definition) is 0. The quantitative estimate of drug-likeness (QED) is 0.686. The third-order valence-corrected chi connectivity index (χ3v) is 3.66. The van der Waals surface area contributed by atoms with Gasteiger partial charge in [-0.3, -0.25) is 0 Å². The summed E-state index contributed by atoms with van der Waals surface area (Å²) in [5.41, 5.74) is 5.62. The molecule has 0 radical (unpaired) electrons. The lowest BCUT2D eigenvalue weighted by Crippen LogP contribution is -2.20. The summed E-state index contributed by atoms with van der Waals surface area (Å²) >= 11 is 0.